The molecule has 1 aliphatic rings. The lowest BCUT2D eigenvalue weighted by Crippen LogP contribution is -2.48. The summed E-state index contributed by atoms with van der Waals surface area (Å²) in [7, 11) is 1.65. The number of benzene rings is 1. The van der Waals surface area contributed by atoms with Crippen LogP contribution in [-0.4, -0.2) is 48.8 Å². The molecule has 26 heavy (non-hydrogen) atoms. The third-order valence-electron chi connectivity index (χ3n) is 4.07. The second-order valence-electron chi connectivity index (χ2n) is 6.09. The number of morpholine rings is 1. The highest BCUT2D eigenvalue weighted by molar-refractivity contribution is 6.41. The van der Waals surface area contributed by atoms with Crippen LogP contribution in [0, 0.1) is 0 Å². The molecule has 0 amide bonds. The van der Waals surface area contributed by atoms with E-state index < -0.39 is 5.56 Å². The minimum Gasteiger partial charge on any atom is -0.382 e. The summed E-state index contributed by atoms with van der Waals surface area (Å²) in [4.78, 5) is 14.4. The van der Waals surface area contributed by atoms with E-state index >= 15 is 0 Å². The Bertz CT molecular complexity index is 859. The Morgan fingerprint density at radius 2 is 2.04 bits per heavy atom. The molecule has 1 aromatic heterocycles. The second kappa shape index (κ2) is 8.15. The van der Waals surface area contributed by atoms with E-state index in [2.05, 4.69) is 10.00 Å². The number of halogens is 3. The van der Waals surface area contributed by atoms with Crippen LogP contribution in [0.3, 0.4) is 0 Å². The van der Waals surface area contributed by atoms with Crippen LogP contribution >= 0.6 is 34.8 Å². The van der Waals surface area contributed by atoms with Crippen LogP contribution in [0.15, 0.2) is 29.2 Å². The lowest BCUT2D eigenvalue weighted by atomic mass is 10.2. The van der Waals surface area contributed by atoms with Gasteiger partial charge in [-0.2, -0.15) is 9.78 Å². The lowest BCUT2D eigenvalue weighted by Gasteiger charge is -2.38. The minimum atomic E-state index is -0.497. The number of nitrogens with zero attached hydrogens (tertiary/aromatic N) is 3. The van der Waals surface area contributed by atoms with Gasteiger partial charge in [0.25, 0.3) is 5.56 Å². The van der Waals surface area contributed by atoms with Gasteiger partial charge in [-0.1, -0.05) is 34.8 Å². The van der Waals surface area contributed by atoms with Crippen LogP contribution in [0.4, 0.5) is 5.69 Å². The smallest absolute Gasteiger partial charge is 0.291 e. The fraction of sp³-hybridized carbons (Fsp3) is 0.412. The summed E-state index contributed by atoms with van der Waals surface area (Å²) in [5.41, 5.74) is 0.875. The maximum absolute atomic E-state index is 12.2. The van der Waals surface area contributed by atoms with Crippen molar-refractivity contribution in [2.75, 3.05) is 31.7 Å². The second-order valence-corrected chi connectivity index (χ2v) is 7.28. The van der Waals surface area contributed by atoms with Crippen molar-refractivity contribution in [1.29, 1.82) is 0 Å². The molecule has 1 saturated heterocycles. The molecular weight excluding hydrogens is 401 g/mol. The van der Waals surface area contributed by atoms with Gasteiger partial charge in [0.15, 0.2) is 0 Å². The summed E-state index contributed by atoms with van der Waals surface area (Å²) < 4.78 is 12.2. The summed E-state index contributed by atoms with van der Waals surface area (Å²) in [6, 6.07) is 5.31. The van der Waals surface area contributed by atoms with Crippen molar-refractivity contribution in [2.45, 2.75) is 19.1 Å². The first kappa shape index (κ1) is 19.5. The standard InChI is InChI=1S/C17H18Cl3N3O3/c1-10-7-22(8-12(26-10)9-25-2)15-4-3-11(5-13(15)18)23-17(24)16(20)14(19)6-21-23/h3-6,10,12H,7-9H2,1-2H3. The van der Waals surface area contributed by atoms with Gasteiger partial charge in [0.1, 0.15) is 5.02 Å². The molecule has 1 aromatic carbocycles. The zero-order valence-corrected chi connectivity index (χ0v) is 16.6. The van der Waals surface area contributed by atoms with Crippen LogP contribution in [0.5, 0.6) is 0 Å². The zero-order chi connectivity index (χ0) is 18.8. The predicted octanol–water partition coefficient (Wildman–Crippen LogP) is 3.43. The number of hydrogen-bond donors (Lipinski definition) is 0. The van der Waals surface area contributed by atoms with Gasteiger partial charge in [0.2, 0.25) is 0 Å². The highest BCUT2D eigenvalue weighted by Gasteiger charge is 2.26. The average Bonchev–Trinajstić information content (AvgIpc) is 2.59. The monoisotopic (exact) mass is 417 g/mol. The molecule has 0 radical (unpaired) electrons. The molecule has 2 unspecified atom stereocenters. The molecule has 2 heterocycles. The fourth-order valence-corrected chi connectivity index (χ4v) is 3.55. The molecule has 0 bridgehead atoms. The van der Waals surface area contributed by atoms with Crippen LogP contribution in [0.2, 0.25) is 15.1 Å². The third-order valence-corrected chi connectivity index (χ3v) is 5.12. The number of ether oxygens (including phenoxy) is 2. The molecule has 2 aromatic rings. The Morgan fingerprint density at radius 1 is 1.27 bits per heavy atom. The van der Waals surface area contributed by atoms with E-state index in [1.807, 2.05) is 13.0 Å². The van der Waals surface area contributed by atoms with Crippen molar-refractivity contribution in [1.82, 2.24) is 9.78 Å². The Balaban J connectivity index is 1.91. The molecule has 3 rings (SSSR count). The van der Waals surface area contributed by atoms with Gasteiger partial charge in [-0.25, -0.2) is 0 Å². The minimum absolute atomic E-state index is 0.0288. The molecule has 1 fully saturated rings. The summed E-state index contributed by atoms with van der Waals surface area (Å²) in [5, 5.41) is 4.56. The Hall–Kier alpha value is -1.31. The van der Waals surface area contributed by atoms with Crippen LogP contribution in [-0.2, 0) is 9.47 Å². The lowest BCUT2D eigenvalue weighted by molar-refractivity contribution is -0.0510. The van der Waals surface area contributed by atoms with Gasteiger partial charge in [-0.05, 0) is 25.1 Å². The van der Waals surface area contributed by atoms with Crippen molar-refractivity contribution in [3.8, 4) is 5.69 Å². The van der Waals surface area contributed by atoms with Crippen LogP contribution in [0.25, 0.3) is 5.69 Å². The van der Waals surface area contributed by atoms with E-state index in [9.17, 15) is 4.79 Å². The summed E-state index contributed by atoms with van der Waals surface area (Å²) in [6.07, 6.45) is 1.35. The highest BCUT2D eigenvalue weighted by atomic mass is 35.5. The number of methoxy groups -OCH3 is 1. The Kier molecular flexibility index (Phi) is 6.10. The number of hydrogen-bond acceptors (Lipinski definition) is 5. The van der Waals surface area contributed by atoms with E-state index in [1.54, 1.807) is 19.2 Å². The molecule has 0 N–H and O–H groups in total. The Morgan fingerprint density at radius 3 is 2.73 bits per heavy atom. The fourth-order valence-electron chi connectivity index (χ4n) is 3.00. The maximum Gasteiger partial charge on any atom is 0.291 e. The average molecular weight is 419 g/mol. The number of rotatable bonds is 4. The van der Waals surface area contributed by atoms with E-state index in [1.165, 1.54) is 10.9 Å². The number of anilines is 1. The van der Waals surface area contributed by atoms with Gasteiger partial charge < -0.3 is 14.4 Å². The topological polar surface area (TPSA) is 56.6 Å². The largest absolute Gasteiger partial charge is 0.382 e. The van der Waals surface area contributed by atoms with E-state index in [-0.39, 0.29) is 22.3 Å². The first-order valence-electron chi connectivity index (χ1n) is 8.03. The van der Waals surface area contributed by atoms with Gasteiger partial charge >= 0.3 is 0 Å². The van der Waals surface area contributed by atoms with Gasteiger partial charge in [-0.3, -0.25) is 4.79 Å². The first-order chi connectivity index (χ1) is 12.4. The summed E-state index contributed by atoms with van der Waals surface area (Å²) in [6.45, 7) is 3.90. The quantitative estimate of drug-likeness (QED) is 0.761. The summed E-state index contributed by atoms with van der Waals surface area (Å²) >= 11 is 18.2. The SMILES string of the molecule is COCC1CN(c2ccc(-n3ncc(Cl)c(Cl)c3=O)cc2Cl)CC(C)O1. The molecule has 0 aliphatic carbocycles. The van der Waals surface area contributed by atoms with E-state index in [0.29, 0.717) is 30.4 Å². The normalized spacial score (nSPS) is 20.4. The molecule has 6 nitrogen and oxygen atoms in total. The molecular formula is C17H18Cl3N3O3. The Labute approximate surface area is 166 Å². The van der Waals surface area contributed by atoms with Crippen molar-refractivity contribution < 1.29 is 9.47 Å². The van der Waals surface area contributed by atoms with Crippen LogP contribution < -0.4 is 10.5 Å². The first-order valence-corrected chi connectivity index (χ1v) is 9.16. The van der Waals surface area contributed by atoms with Crippen molar-refractivity contribution in [2.24, 2.45) is 0 Å². The zero-order valence-electron chi connectivity index (χ0n) is 14.3. The van der Waals surface area contributed by atoms with Gasteiger partial charge in [-0.15, -0.1) is 0 Å². The van der Waals surface area contributed by atoms with Crippen LogP contribution in [0.1, 0.15) is 6.92 Å². The van der Waals surface area contributed by atoms with Crippen molar-refractivity contribution in [3.63, 3.8) is 0 Å². The predicted molar refractivity (Wildman–Crippen MR) is 103 cm³/mol. The summed E-state index contributed by atoms with van der Waals surface area (Å²) in [5.74, 6) is 0. The number of aromatic nitrogens is 2. The maximum atomic E-state index is 12.2. The molecule has 1 aliphatic heterocycles. The van der Waals surface area contributed by atoms with E-state index in [4.69, 9.17) is 44.3 Å². The van der Waals surface area contributed by atoms with E-state index in [0.717, 1.165) is 5.69 Å². The van der Waals surface area contributed by atoms with Gasteiger partial charge in [0.05, 0.1) is 46.4 Å². The van der Waals surface area contributed by atoms with Crippen molar-refractivity contribution in [3.05, 3.63) is 49.8 Å². The molecule has 0 spiro atoms. The molecule has 140 valence electrons. The third kappa shape index (κ3) is 4.00. The highest BCUT2D eigenvalue weighted by Crippen LogP contribution is 2.30. The molecule has 0 saturated carbocycles. The van der Waals surface area contributed by atoms with Crippen molar-refractivity contribution >= 4 is 40.5 Å². The molecule has 9 heteroatoms. The van der Waals surface area contributed by atoms with Gasteiger partial charge in [0, 0.05) is 20.2 Å². The molecule has 2 atom stereocenters.